The molecule has 0 radical (unpaired) electrons. The molecule has 6 heteroatoms. The fourth-order valence-corrected chi connectivity index (χ4v) is 8.53. The second kappa shape index (κ2) is 8.11. The molecule has 0 unspecified atom stereocenters. The van der Waals surface area contributed by atoms with Gasteiger partial charge >= 0.3 is 0 Å². The average Bonchev–Trinajstić information content (AvgIpc) is 3.09. The highest BCUT2D eigenvalue weighted by molar-refractivity contribution is 6.30. The average molecular weight is 470 g/mol. The van der Waals surface area contributed by atoms with E-state index in [1.165, 1.54) is 30.5 Å². The van der Waals surface area contributed by atoms with Crippen LogP contribution in [-0.2, 0) is 9.59 Å². The van der Waals surface area contributed by atoms with Gasteiger partial charge in [-0.25, -0.2) is 4.98 Å². The van der Waals surface area contributed by atoms with Crippen LogP contribution >= 0.6 is 11.6 Å². The Hall–Kier alpha value is -1.88. The Balaban J connectivity index is 1.34. The normalized spacial score (nSPS) is 38.0. The van der Waals surface area contributed by atoms with Crippen molar-refractivity contribution in [1.29, 1.82) is 0 Å². The largest absolute Gasteiger partial charge is 0.319 e. The Kier molecular flexibility index (Phi) is 5.63. The van der Waals surface area contributed by atoms with Gasteiger partial charge in [0.2, 0.25) is 11.8 Å². The number of hydrogen-bond acceptors (Lipinski definition) is 3. The Labute approximate surface area is 202 Å². The highest BCUT2D eigenvalue weighted by Gasteiger charge is 2.60. The van der Waals surface area contributed by atoms with E-state index in [1.807, 2.05) is 11.9 Å². The minimum Gasteiger partial charge on any atom is -0.319 e. The summed E-state index contributed by atoms with van der Waals surface area (Å²) in [6.45, 7) is 7.13. The number of likely N-dealkylation sites (tertiary alicyclic amines) is 1. The van der Waals surface area contributed by atoms with Crippen molar-refractivity contribution in [2.75, 3.05) is 12.4 Å². The van der Waals surface area contributed by atoms with Gasteiger partial charge in [-0.2, -0.15) is 0 Å². The predicted octanol–water partition coefficient (Wildman–Crippen LogP) is 6.06. The van der Waals surface area contributed by atoms with Gasteiger partial charge in [0, 0.05) is 37.2 Å². The number of carbonyl (C=O) groups excluding carboxylic acids is 2. The molecular formula is C27H36ClN3O2. The molecule has 5 nitrogen and oxygen atoms in total. The topological polar surface area (TPSA) is 62.3 Å². The maximum atomic E-state index is 12.9. The lowest BCUT2D eigenvalue weighted by Crippen LogP contribution is -2.54. The van der Waals surface area contributed by atoms with Crippen LogP contribution in [0.25, 0.3) is 0 Å². The number of halogens is 1. The van der Waals surface area contributed by atoms with Crippen LogP contribution in [0.2, 0.25) is 5.02 Å². The summed E-state index contributed by atoms with van der Waals surface area (Å²) >= 11 is 5.92. The number of pyridine rings is 1. The van der Waals surface area contributed by atoms with Crippen molar-refractivity contribution >= 4 is 29.2 Å². The van der Waals surface area contributed by atoms with Gasteiger partial charge in [0.05, 0.1) is 5.02 Å². The molecule has 2 saturated carbocycles. The molecule has 4 aliphatic rings. The molecule has 1 aromatic rings. The van der Waals surface area contributed by atoms with E-state index in [0.29, 0.717) is 47.4 Å². The molecule has 178 valence electrons. The summed E-state index contributed by atoms with van der Waals surface area (Å²) in [5, 5.41) is 3.54. The molecular weight excluding hydrogens is 434 g/mol. The van der Waals surface area contributed by atoms with Gasteiger partial charge in [-0.05, 0) is 86.7 Å². The molecule has 5 rings (SSSR count). The first kappa shape index (κ1) is 22.9. The first-order valence-corrected chi connectivity index (χ1v) is 12.9. The Morgan fingerprint density at radius 3 is 2.73 bits per heavy atom. The zero-order chi connectivity index (χ0) is 23.5. The fourth-order valence-electron chi connectivity index (χ4n) is 8.42. The van der Waals surface area contributed by atoms with Crippen LogP contribution in [0, 0.1) is 34.5 Å². The van der Waals surface area contributed by atoms with E-state index in [4.69, 9.17) is 11.6 Å². The van der Waals surface area contributed by atoms with Crippen molar-refractivity contribution in [1.82, 2.24) is 9.88 Å². The number of nitrogens with one attached hydrogen (secondary N) is 1. The van der Waals surface area contributed by atoms with E-state index in [1.54, 1.807) is 18.3 Å². The summed E-state index contributed by atoms with van der Waals surface area (Å²) in [4.78, 5) is 31.5. The van der Waals surface area contributed by atoms with Gasteiger partial charge in [0.15, 0.2) is 0 Å². The van der Waals surface area contributed by atoms with Crippen LogP contribution < -0.4 is 5.32 Å². The molecule has 0 aromatic carbocycles. The number of rotatable bonds is 3. The van der Waals surface area contributed by atoms with E-state index in [2.05, 4.69) is 31.1 Å². The molecule has 6 atom stereocenters. The van der Waals surface area contributed by atoms with Crippen LogP contribution in [0.1, 0.15) is 72.1 Å². The van der Waals surface area contributed by atoms with E-state index in [0.717, 1.165) is 19.3 Å². The third-order valence-electron chi connectivity index (χ3n) is 9.93. The molecule has 2 amide bonds. The number of aromatic nitrogens is 1. The fraction of sp³-hybridized carbons (Fsp3) is 0.667. The summed E-state index contributed by atoms with van der Waals surface area (Å²) in [7, 11) is 1.98. The smallest absolute Gasteiger partial charge is 0.226 e. The molecule has 0 bridgehead atoms. The molecule has 1 saturated heterocycles. The number of allylic oxidation sites excluding steroid dienone is 2. The van der Waals surface area contributed by atoms with Gasteiger partial charge in [-0.15, -0.1) is 0 Å². The lowest BCUT2D eigenvalue weighted by molar-refractivity contribution is -0.136. The monoisotopic (exact) mass is 469 g/mol. The van der Waals surface area contributed by atoms with E-state index >= 15 is 0 Å². The van der Waals surface area contributed by atoms with Gasteiger partial charge in [0.1, 0.15) is 5.82 Å². The maximum Gasteiger partial charge on any atom is 0.226 e. The van der Waals surface area contributed by atoms with Crippen LogP contribution in [0.4, 0.5) is 5.82 Å². The maximum absolute atomic E-state index is 12.9. The van der Waals surface area contributed by atoms with Gasteiger partial charge in [0.25, 0.3) is 0 Å². The Morgan fingerprint density at radius 2 is 2.00 bits per heavy atom. The summed E-state index contributed by atoms with van der Waals surface area (Å²) in [5.41, 5.74) is 3.03. The third kappa shape index (κ3) is 3.62. The number of piperidine rings is 1. The van der Waals surface area contributed by atoms with Crippen LogP contribution in [0.3, 0.4) is 0 Å². The summed E-state index contributed by atoms with van der Waals surface area (Å²) in [6, 6.07) is 3.51. The summed E-state index contributed by atoms with van der Waals surface area (Å²) < 4.78 is 0. The van der Waals surface area contributed by atoms with Crippen LogP contribution in [0.5, 0.6) is 0 Å². The molecule has 0 spiro atoms. The SMILES string of the molecule is CC1=C2N(C)C(=O)CC[C@]2(C)[C@H]2CC[C@]3(C)[C@@H](CC(=O)Nc4ccc(Cl)cn4)CC[C@H]3[C@@H]2C1. The molecule has 1 aliphatic heterocycles. The highest BCUT2D eigenvalue weighted by atomic mass is 35.5. The standard InChI is InChI=1S/C27H36ClN3O2/c1-16-13-19-20-7-5-17(14-23(32)30-22-8-6-18(28)15-29-22)26(20,2)11-9-21(19)27(3)12-10-24(33)31(4)25(16)27/h6,8,15,17,19-21H,5,7,9-14H2,1-4H3,(H,29,30,32)/t17-,19+,20+,21+,26-,27-/m1/s1. The second-order valence-electron chi connectivity index (χ2n) is 11.5. The first-order chi connectivity index (χ1) is 15.6. The van der Waals surface area contributed by atoms with Crippen molar-refractivity contribution in [3.05, 3.63) is 34.6 Å². The lowest BCUT2D eigenvalue weighted by atomic mass is 9.48. The van der Waals surface area contributed by atoms with Crippen LogP contribution in [-0.4, -0.2) is 28.7 Å². The van der Waals surface area contributed by atoms with Crippen molar-refractivity contribution < 1.29 is 9.59 Å². The molecule has 3 fully saturated rings. The van der Waals surface area contributed by atoms with Crippen molar-refractivity contribution in [3.63, 3.8) is 0 Å². The molecule has 1 N–H and O–H groups in total. The number of fused-ring (bicyclic) bond motifs is 5. The van der Waals surface area contributed by atoms with Gasteiger partial charge in [-0.3, -0.25) is 9.59 Å². The van der Waals surface area contributed by atoms with Crippen molar-refractivity contribution in [3.8, 4) is 0 Å². The minimum atomic E-state index is 0.0557. The number of nitrogens with zero attached hydrogens (tertiary/aromatic N) is 2. The van der Waals surface area contributed by atoms with Gasteiger partial charge in [-0.1, -0.05) is 31.0 Å². The number of carbonyl (C=O) groups is 2. The number of anilines is 1. The minimum absolute atomic E-state index is 0.0557. The molecule has 3 aliphatic carbocycles. The van der Waals surface area contributed by atoms with Gasteiger partial charge < -0.3 is 10.2 Å². The lowest BCUT2D eigenvalue weighted by Gasteiger charge is -2.59. The van der Waals surface area contributed by atoms with Crippen LogP contribution in [0.15, 0.2) is 29.6 Å². The molecule has 33 heavy (non-hydrogen) atoms. The second-order valence-corrected chi connectivity index (χ2v) is 11.9. The van der Waals surface area contributed by atoms with E-state index in [-0.39, 0.29) is 22.6 Å². The molecule has 1 aromatic heterocycles. The zero-order valence-electron chi connectivity index (χ0n) is 20.3. The third-order valence-corrected chi connectivity index (χ3v) is 10.2. The Morgan fingerprint density at radius 1 is 1.21 bits per heavy atom. The summed E-state index contributed by atoms with van der Waals surface area (Å²) in [5.74, 6) is 3.24. The predicted molar refractivity (Wildman–Crippen MR) is 130 cm³/mol. The Bertz CT molecular complexity index is 1010. The van der Waals surface area contributed by atoms with Crippen molar-refractivity contribution in [2.24, 2.45) is 34.5 Å². The first-order valence-electron chi connectivity index (χ1n) is 12.5. The molecule has 2 heterocycles. The van der Waals surface area contributed by atoms with E-state index < -0.39 is 0 Å². The van der Waals surface area contributed by atoms with E-state index in [9.17, 15) is 9.59 Å². The number of amides is 2. The highest BCUT2D eigenvalue weighted by Crippen LogP contribution is 2.67. The summed E-state index contributed by atoms with van der Waals surface area (Å²) in [6.07, 6.45) is 9.57. The van der Waals surface area contributed by atoms with Crippen molar-refractivity contribution in [2.45, 2.75) is 72.1 Å². The zero-order valence-corrected chi connectivity index (χ0v) is 21.0. The number of hydrogen-bond donors (Lipinski definition) is 1. The quantitative estimate of drug-likeness (QED) is 0.585.